The summed E-state index contributed by atoms with van der Waals surface area (Å²) in [6.45, 7) is 1.91. The van der Waals surface area contributed by atoms with Crippen LogP contribution in [-0.4, -0.2) is 21.0 Å². The number of aryl methyl sites for hydroxylation is 1. The molecule has 4 rings (SSSR count). The van der Waals surface area contributed by atoms with Gasteiger partial charge >= 0.3 is 0 Å². The first-order valence-corrected chi connectivity index (χ1v) is 9.92. The molecule has 7 heteroatoms. The summed E-state index contributed by atoms with van der Waals surface area (Å²) in [5.41, 5.74) is 1.68. The number of carbonyl (C=O) groups is 1. The maximum Gasteiger partial charge on any atom is 0.235 e. The molecule has 146 valence electrons. The van der Waals surface area contributed by atoms with Crippen LogP contribution in [0.3, 0.4) is 0 Å². The predicted molar refractivity (Wildman–Crippen MR) is 111 cm³/mol. The van der Waals surface area contributed by atoms with Crippen LogP contribution in [-0.2, 0) is 4.79 Å². The third-order valence-electron chi connectivity index (χ3n) is 4.36. The van der Waals surface area contributed by atoms with Crippen LogP contribution >= 0.6 is 11.8 Å². The summed E-state index contributed by atoms with van der Waals surface area (Å²) in [5, 5.41) is 2.82. The molecule has 2 aromatic heterocycles. The van der Waals surface area contributed by atoms with Gasteiger partial charge in [0, 0.05) is 16.7 Å². The molecule has 0 atom stereocenters. The number of anilines is 1. The molecule has 0 fully saturated rings. The van der Waals surface area contributed by atoms with Crippen molar-refractivity contribution in [2.45, 2.75) is 11.8 Å². The monoisotopic (exact) mass is 409 g/mol. The summed E-state index contributed by atoms with van der Waals surface area (Å²) in [6.07, 6.45) is 1.75. The molecule has 0 bridgehead atoms. The summed E-state index contributed by atoms with van der Waals surface area (Å²) in [7, 11) is 0. The number of rotatable bonds is 5. The van der Waals surface area contributed by atoms with Crippen molar-refractivity contribution in [2.24, 2.45) is 0 Å². The lowest BCUT2D eigenvalue weighted by molar-refractivity contribution is -0.113. The summed E-state index contributed by atoms with van der Waals surface area (Å²) in [5.74, 6) is -1.74. The fraction of sp³-hybridized carbons (Fsp3) is 0.0909. The molecule has 1 N–H and O–H groups in total. The van der Waals surface area contributed by atoms with Gasteiger partial charge in [-0.15, -0.1) is 11.8 Å². The second kappa shape index (κ2) is 8.05. The molecule has 0 radical (unpaired) electrons. The highest BCUT2D eigenvalue weighted by Gasteiger charge is 2.20. The van der Waals surface area contributed by atoms with E-state index in [1.54, 1.807) is 10.6 Å². The number of pyridine rings is 1. The van der Waals surface area contributed by atoms with Gasteiger partial charge in [0.25, 0.3) is 0 Å². The highest BCUT2D eigenvalue weighted by molar-refractivity contribution is 8.00. The van der Waals surface area contributed by atoms with E-state index in [9.17, 15) is 13.6 Å². The molecule has 0 aliphatic heterocycles. The van der Waals surface area contributed by atoms with Gasteiger partial charge in [-0.25, -0.2) is 13.8 Å². The van der Waals surface area contributed by atoms with Crippen LogP contribution in [0.4, 0.5) is 14.6 Å². The molecule has 29 heavy (non-hydrogen) atoms. The second-order valence-corrected chi connectivity index (χ2v) is 7.54. The molecule has 4 aromatic rings. The average molecular weight is 409 g/mol. The second-order valence-electron chi connectivity index (χ2n) is 6.49. The Hall–Kier alpha value is -3.19. The molecule has 0 spiro atoms. The molecule has 0 saturated heterocycles. The van der Waals surface area contributed by atoms with Gasteiger partial charge in [-0.3, -0.25) is 9.20 Å². The van der Waals surface area contributed by atoms with Crippen molar-refractivity contribution in [3.8, 4) is 11.3 Å². The van der Waals surface area contributed by atoms with E-state index in [4.69, 9.17) is 0 Å². The fourth-order valence-corrected chi connectivity index (χ4v) is 3.69. The van der Waals surface area contributed by atoms with Gasteiger partial charge in [-0.05, 0) is 48.9 Å². The van der Waals surface area contributed by atoms with E-state index < -0.39 is 11.6 Å². The van der Waals surface area contributed by atoms with Crippen LogP contribution in [0.5, 0.6) is 0 Å². The van der Waals surface area contributed by atoms with Crippen molar-refractivity contribution in [2.75, 3.05) is 11.1 Å². The highest BCUT2D eigenvalue weighted by Crippen LogP contribution is 2.32. The van der Waals surface area contributed by atoms with Crippen molar-refractivity contribution in [3.63, 3.8) is 0 Å². The number of amides is 1. The lowest BCUT2D eigenvalue weighted by Crippen LogP contribution is -2.16. The first-order chi connectivity index (χ1) is 14.0. The minimum absolute atomic E-state index is 0.00244. The van der Waals surface area contributed by atoms with Crippen molar-refractivity contribution in [3.05, 3.63) is 84.1 Å². The number of hydrogen-bond acceptors (Lipinski definition) is 3. The number of halogens is 2. The minimum atomic E-state index is -0.998. The molecular weight excluding hydrogens is 392 g/mol. The Morgan fingerprint density at radius 1 is 1.10 bits per heavy atom. The largest absolute Gasteiger partial charge is 0.309 e. The Labute approximate surface area is 170 Å². The first-order valence-electron chi connectivity index (χ1n) is 8.94. The Kier molecular flexibility index (Phi) is 5.31. The molecule has 2 aromatic carbocycles. The zero-order valence-electron chi connectivity index (χ0n) is 15.5. The van der Waals surface area contributed by atoms with E-state index in [0.717, 1.165) is 16.5 Å². The summed E-state index contributed by atoms with van der Waals surface area (Å²) in [4.78, 5) is 18.0. The average Bonchev–Trinajstić information content (AvgIpc) is 3.06. The first kappa shape index (κ1) is 19.1. The lowest BCUT2D eigenvalue weighted by atomic mass is 10.1. The Morgan fingerprint density at radius 3 is 2.69 bits per heavy atom. The third-order valence-corrected chi connectivity index (χ3v) is 5.37. The van der Waals surface area contributed by atoms with Gasteiger partial charge in [-0.2, -0.15) is 0 Å². The Bertz CT molecular complexity index is 1190. The topological polar surface area (TPSA) is 46.4 Å². The van der Waals surface area contributed by atoms with Gasteiger partial charge < -0.3 is 5.32 Å². The quantitative estimate of drug-likeness (QED) is 0.454. The van der Waals surface area contributed by atoms with Crippen molar-refractivity contribution >= 4 is 29.1 Å². The maximum atomic E-state index is 14.4. The number of hydrogen-bond donors (Lipinski definition) is 1. The van der Waals surface area contributed by atoms with Crippen LogP contribution in [0.2, 0.25) is 0 Å². The van der Waals surface area contributed by atoms with Gasteiger partial charge in [0.05, 0.1) is 5.75 Å². The smallest absolute Gasteiger partial charge is 0.235 e. The number of nitrogens with zero attached hydrogens (tertiary/aromatic N) is 2. The number of fused-ring (bicyclic) bond motifs is 1. The molecular formula is C22H17F2N3OS. The number of carbonyl (C=O) groups excluding carboxylic acids is 1. The van der Waals surface area contributed by atoms with Gasteiger partial charge in [0.1, 0.15) is 17.2 Å². The molecule has 4 nitrogen and oxygen atoms in total. The zero-order valence-corrected chi connectivity index (χ0v) is 16.3. The number of aromatic nitrogens is 2. The molecule has 0 aliphatic carbocycles. The number of thioether (sulfide) groups is 1. The van der Waals surface area contributed by atoms with E-state index >= 15 is 0 Å². The van der Waals surface area contributed by atoms with Gasteiger partial charge in [0.15, 0.2) is 11.6 Å². The Balaban J connectivity index is 1.70. The van der Waals surface area contributed by atoms with Crippen LogP contribution in [0.1, 0.15) is 5.56 Å². The normalized spacial score (nSPS) is 11.0. The van der Waals surface area contributed by atoms with E-state index in [1.165, 1.54) is 23.9 Å². The minimum Gasteiger partial charge on any atom is -0.309 e. The number of nitrogens with one attached hydrogen (secondary N) is 1. The SMILES string of the molecule is Cc1ccn2c(NC(=O)CSc3ccccc3)c(-c3cccc(F)c3F)nc2c1. The number of benzene rings is 2. The lowest BCUT2D eigenvalue weighted by Gasteiger charge is -2.09. The van der Waals surface area contributed by atoms with E-state index in [2.05, 4.69) is 10.3 Å². The predicted octanol–water partition coefficient (Wildman–Crippen LogP) is 5.32. The van der Waals surface area contributed by atoms with Gasteiger partial charge in [0.2, 0.25) is 5.91 Å². The number of imidazole rings is 1. The fourth-order valence-electron chi connectivity index (χ4n) is 2.97. The molecule has 0 unspecified atom stereocenters. The van der Waals surface area contributed by atoms with Crippen molar-refractivity contribution in [1.82, 2.24) is 9.38 Å². The molecule has 0 aliphatic rings. The standard InChI is InChI=1S/C22H17F2N3OS/c1-14-10-11-27-18(12-14)25-21(16-8-5-9-17(23)20(16)24)22(27)26-19(28)13-29-15-6-3-2-4-7-15/h2-12H,13H2,1H3,(H,26,28). The Morgan fingerprint density at radius 2 is 1.90 bits per heavy atom. The van der Waals surface area contributed by atoms with Crippen LogP contribution in [0, 0.1) is 18.6 Å². The summed E-state index contributed by atoms with van der Waals surface area (Å²) < 4.78 is 29.9. The third kappa shape index (κ3) is 4.00. The van der Waals surface area contributed by atoms with Gasteiger partial charge in [-0.1, -0.05) is 24.3 Å². The van der Waals surface area contributed by atoms with Crippen LogP contribution < -0.4 is 5.32 Å². The summed E-state index contributed by atoms with van der Waals surface area (Å²) in [6, 6.07) is 17.1. The molecule has 0 saturated carbocycles. The van der Waals surface area contributed by atoms with E-state index in [-0.39, 0.29) is 22.9 Å². The highest BCUT2D eigenvalue weighted by atomic mass is 32.2. The van der Waals surface area contributed by atoms with Crippen LogP contribution in [0.25, 0.3) is 16.9 Å². The van der Waals surface area contributed by atoms with Crippen molar-refractivity contribution in [1.29, 1.82) is 0 Å². The van der Waals surface area contributed by atoms with Crippen LogP contribution in [0.15, 0.2) is 71.8 Å². The zero-order chi connectivity index (χ0) is 20.4. The van der Waals surface area contributed by atoms with E-state index in [1.807, 2.05) is 49.4 Å². The maximum absolute atomic E-state index is 14.4. The van der Waals surface area contributed by atoms with Crippen molar-refractivity contribution < 1.29 is 13.6 Å². The van der Waals surface area contributed by atoms with E-state index in [0.29, 0.717) is 11.5 Å². The molecule has 1 amide bonds. The summed E-state index contributed by atoms with van der Waals surface area (Å²) >= 11 is 1.39. The molecule has 2 heterocycles.